The number of aromatic nitrogens is 4. The summed E-state index contributed by atoms with van der Waals surface area (Å²) in [6, 6.07) is 7.72. The van der Waals surface area contributed by atoms with Crippen molar-refractivity contribution in [2.75, 3.05) is 6.61 Å². The summed E-state index contributed by atoms with van der Waals surface area (Å²) >= 11 is 0. The van der Waals surface area contributed by atoms with Gasteiger partial charge in [-0.15, -0.1) is 10.2 Å². The molecule has 0 radical (unpaired) electrons. The minimum absolute atomic E-state index is 0.133. The second-order valence-electron chi connectivity index (χ2n) is 4.08. The van der Waals surface area contributed by atoms with E-state index in [4.69, 9.17) is 9.15 Å². The second-order valence-corrected chi connectivity index (χ2v) is 4.08. The van der Waals surface area contributed by atoms with Crippen LogP contribution in [-0.4, -0.2) is 32.3 Å². The Kier molecular flexibility index (Phi) is 3.16. The summed E-state index contributed by atoms with van der Waals surface area (Å²) in [5.41, 5.74) is 1.85. The van der Waals surface area contributed by atoms with Crippen LogP contribution in [0.5, 0.6) is 0 Å². The highest BCUT2D eigenvalue weighted by molar-refractivity contribution is 5.83. The van der Waals surface area contributed by atoms with Crippen LogP contribution >= 0.6 is 0 Å². The molecule has 0 atom stereocenters. The molecule has 3 aromatic rings. The number of hydrogen-bond acceptors (Lipinski definition) is 6. The van der Waals surface area contributed by atoms with Crippen LogP contribution in [0.3, 0.4) is 0 Å². The molecule has 0 bridgehead atoms. The van der Waals surface area contributed by atoms with Crippen LogP contribution in [0, 0.1) is 0 Å². The summed E-state index contributed by atoms with van der Waals surface area (Å²) in [7, 11) is 0. The summed E-state index contributed by atoms with van der Waals surface area (Å²) in [6.45, 7) is 2.34. The number of ether oxygens (including phenoxy) is 1. The smallest absolute Gasteiger partial charge is 0.396 e. The van der Waals surface area contributed by atoms with Crippen LogP contribution in [0.2, 0.25) is 0 Å². The van der Waals surface area contributed by atoms with E-state index in [9.17, 15) is 4.79 Å². The molecule has 20 heavy (non-hydrogen) atoms. The average Bonchev–Trinajstić information content (AvgIpc) is 3.08. The van der Waals surface area contributed by atoms with Gasteiger partial charge in [-0.3, -0.25) is 0 Å². The zero-order valence-corrected chi connectivity index (χ0v) is 10.8. The van der Waals surface area contributed by atoms with Gasteiger partial charge in [0, 0.05) is 0 Å². The van der Waals surface area contributed by atoms with Gasteiger partial charge in [-0.2, -0.15) is 0 Å². The Bertz CT molecular complexity index is 747. The predicted molar refractivity (Wildman–Crippen MR) is 69.1 cm³/mol. The third-order valence-electron chi connectivity index (χ3n) is 2.75. The van der Waals surface area contributed by atoms with E-state index in [-0.39, 0.29) is 12.5 Å². The van der Waals surface area contributed by atoms with Crippen molar-refractivity contribution in [3.8, 4) is 0 Å². The summed E-state index contributed by atoms with van der Waals surface area (Å²) in [5, 5.41) is 7.51. The molecule has 0 aliphatic carbocycles. The number of carbonyl (C=O) groups is 1. The summed E-state index contributed by atoms with van der Waals surface area (Å²) in [5.74, 6) is -0.413. The van der Waals surface area contributed by atoms with Gasteiger partial charge in [0.05, 0.1) is 24.0 Å². The number of hydrogen-bond donors (Lipinski definition) is 0. The molecule has 2 heterocycles. The third-order valence-corrected chi connectivity index (χ3v) is 2.75. The molecule has 0 N–H and O–H groups in total. The molecule has 102 valence electrons. The first-order chi connectivity index (χ1) is 9.78. The van der Waals surface area contributed by atoms with Gasteiger partial charge in [0.15, 0.2) is 0 Å². The molecule has 0 saturated carbocycles. The lowest BCUT2D eigenvalue weighted by molar-refractivity contribution is 0.0478. The van der Waals surface area contributed by atoms with Crippen molar-refractivity contribution in [3.05, 3.63) is 42.4 Å². The van der Waals surface area contributed by atoms with Crippen LogP contribution in [0.1, 0.15) is 23.5 Å². The third kappa shape index (κ3) is 2.25. The van der Waals surface area contributed by atoms with Gasteiger partial charge in [0.25, 0.3) is 0 Å². The molecular weight excluding hydrogens is 260 g/mol. The van der Waals surface area contributed by atoms with Crippen molar-refractivity contribution in [2.24, 2.45) is 0 Å². The maximum absolute atomic E-state index is 11.4. The van der Waals surface area contributed by atoms with Crippen molar-refractivity contribution in [3.63, 3.8) is 0 Å². The maximum atomic E-state index is 11.4. The van der Waals surface area contributed by atoms with Crippen LogP contribution in [0.25, 0.3) is 11.0 Å². The van der Waals surface area contributed by atoms with Crippen molar-refractivity contribution in [2.45, 2.75) is 13.5 Å². The highest BCUT2D eigenvalue weighted by Gasteiger charge is 2.16. The topological polar surface area (TPSA) is 83.0 Å². The van der Waals surface area contributed by atoms with Crippen molar-refractivity contribution in [1.29, 1.82) is 0 Å². The maximum Gasteiger partial charge on any atom is 0.396 e. The van der Waals surface area contributed by atoms with Crippen LogP contribution in [0.4, 0.5) is 0 Å². The normalized spacial score (nSPS) is 10.8. The molecular formula is C13H12N4O3. The van der Waals surface area contributed by atoms with E-state index >= 15 is 0 Å². The zero-order valence-electron chi connectivity index (χ0n) is 10.8. The Morgan fingerprint density at radius 1 is 1.35 bits per heavy atom. The van der Waals surface area contributed by atoms with Crippen molar-refractivity contribution < 1.29 is 13.9 Å². The molecule has 7 nitrogen and oxygen atoms in total. The standard InChI is InChI=1S/C13H12N4O3/c1-2-19-13(18)12-16-15-11(20-12)7-17-8-14-9-5-3-4-6-10(9)17/h3-6,8H,2,7H2,1H3. The first-order valence-electron chi connectivity index (χ1n) is 6.17. The summed E-state index contributed by atoms with van der Waals surface area (Å²) < 4.78 is 11.9. The van der Waals surface area contributed by atoms with Crippen LogP contribution in [-0.2, 0) is 11.3 Å². The largest absolute Gasteiger partial charge is 0.459 e. The first-order valence-corrected chi connectivity index (χ1v) is 6.17. The monoisotopic (exact) mass is 272 g/mol. The summed E-state index contributed by atoms with van der Waals surface area (Å²) in [4.78, 5) is 15.7. The molecule has 0 fully saturated rings. The van der Waals surface area contributed by atoms with Gasteiger partial charge >= 0.3 is 11.9 Å². The quantitative estimate of drug-likeness (QED) is 0.671. The molecule has 1 aromatic carbocycles. The number of rotatable bonds is 4. The Morgan fingerprint density at radius 2 is 2.20 bits per heavy atom. The van der Waals surface area contributed by atoms with Gasteiger partial charge in [-0.05, 0) is 19.1 Å². The number of para-hydroxylation sites is 2. The lowest BCUT2D eigenvalue weighted by atomic mass is 10.3. The molecule has 7 heteroatoms. The van der Waals surface area contributed by atoms with Crippen molar-refractivity contribution in [1.82, 2.24) is 19.7 Å². The molecule has 0 amide bonds. The minimum Gasteiger partial charge on any atom is -0.459 e. The average molecular weight is 272 g/mol. The number of esters is 1. The fourth-order valence-electron chi connectivity index (χ4n) is 1.87. The van der Waals surface area contributed by atoms with E-state index in [1.54, 1.807) is 13.3 Å². The van der Waals surface area contributed by atoms with Gasteiger partial charge < -0.3 is 13.7 Å². The fourth-order valence-corrected chi connectivity index (χ4v) is 1.87. The van der Waals surface area contributed by atoms with Gasteiger partial charge in [-0.1, -0.05) is 12.1 Å². The van der Waals surface area contributed by atoms with E-state index < -0.39 is 5.97 Å². The molecule has 0 saturated heterocycles. The summed E-state index contributed by atoms with van der Waals surface area (Å²) in [6.07, 6.45) is 1.69. The number of imidazole rings is 1. The SMILES string of the molecule is CCOC(=O)c1nnc(Cn2cnc3ccccc32)o1. The van der Waals surface area contributed by atoms with E-state index in [0.29, 0.717) is 12.4 Å². The van der Waals surface area contributed by atoms with Crippen molar-refractivity contribution >= 4 is 17.0 Å². The predicted octanol–water partition coefficient (Wildman–Crippen LogP) is 1.64. The van der Waals surface area contributed by atoms with E-state index in [0.717, 1.165) is 11.0 Å². The van der Waals surface area contributed by atoms with Gasteiger partial charge in [-0.25, -0.2) is 9.78 Å². The van der Waals surface area contributed by atoms with Gasteiger partial charge in [0.2, 0.25) is 5.89 Å². The zero-order chi connectivity index (χ0) is 13.9. The second kappa shape index (κ2) is 5.12. The highest BCUT2D eigenvalue weighted by Crippen LogP contribution is 2.13. The number of carbonyl (C=O) groups excluding carboxylic acids is 1. The molecule has 2 aromatic heterocycles. The lowest BCUT2D eigenvalue weighted by Crippen LogP contribution is -2.04. The van der Waals surface area contributed by atoms with E-state index in [1.807, 2.05) is 28.8 Å². The van der Waals surface area contributed by atoms with Crippen LogP contribution < -0.4 is 0 Å². The molecule has 0 unspecified atom stereocenters. The number of fused-ring (bicyclic) bond motifs is 1. The number of nitrogens with zero attached hydrogens (tertiary/aromatic N) is 4. The first kappa shape index (κ1) is 12.3. The molecule has 0 aliphatic rings. The van der Waals surface area contributed by atoms with E-state index in [1.165, 1.54) is 0 Å². The van der Waals surface area contributed by atoms with Crippen LogP contribution in [0.15, 0.2) is 35.0 Å². The molecule has 0 aliphatic heterocycles. The number of benzene rings is 1. The minimum atomic E-state index is -0.610. The lowest BCUT2D eigenvalue weighted by Gasteiger charge is -1.99. The highest BCUT2D eigenvalue weighted by atomic mass is 16.5. The van der Waals surface area contributed by atoms with Gasteiger partial charge in [0.1, 0.15) is 6.54 Å². The van der Waals surface area contributed by atoms with E-state index in [2.05, 4.69) is 15.2 Å². The molecule has 3 rings (SSSR count). The Hall–Kier alpha value is -2.70. The Labute approximate surface area is 114 Å². The Balaban J connectivity index is 1.83. The fraction of sp³-hybridized carbons (Fsp3) is 0.231. The Morgan fingerprint density at radius 3 is 3.05 bits per heavy atom. The molecule has 0 spiro atoms.